The zero-order valence-electron chi connectivity index (χ0n) is 17.4. The maximum absolute atomic E-state index is 13.4. The number of anilines is 2. The van der Waals surface area contributed by atoms with Crippen LogP contribution in [0, 0.1) is 13.8 Å². The minimum absolute atomic E-state index is 0.0593. The molecule has 0 unspecified atom stereocenters. The van der Waals surface area contributed by atoms with Crippen LogP contribution in [0.15, 0.2) is 87.1 Å². The summed E-state index contributed by atoms with van der Waals surface area (Å²) in [7, 11) is -2.33. The molecule has 0 radical (unpaired) electrons. The van der Waals surface area contributed by atoms with Crippen molar-refractivity contribution in [1.29, 1.82) is 0 Å². The molecule has 158 valence electrons. The Hall–Kier alpha value is -3.58. The molecule has 0 bridgehead atoms. The van der Waals surface area contributed by atoms with E-state index in [1.165, 1.54) is 0 Å². The van der Waals surface area contributed by atoms with Gasteiger partial charge in [0.2, 0.25) is 26.6 Å². The van der Waals surface area contributed by atoms with Gasteiger partial charge < -0.3 is 14.5 Å². The summed E-state index contributed by atoms with van der Waals surface area (Å²) in [5, 5.41) is 2.90. The molecular weight excluding hydrogens is 412 g/mol. The van der Waals surface area contributed by atoms with Crippen molar-refractivity contribution in [2.24, 2.45) is 0 Å². The molecule has 1 N–H and O–H groups in total. The summed E-state index contributed by atoms with van der Waals surface area (Å²) in [6, 6.07) is 21.3. The molecule has 7 heteroatoms. The van der Waals surface area contributed by atoms with Crippen molar-refractivity contribution in [3.8, 4) is 17.2 Å². The molecule has 4 rings (SSSR count). The van der Waals surface area contributed by atoms with E-state index in [4.69, 9.17) is 9.15 Å². The van der Waals surface area contributed by atoms with Crippen molar-refractivity contribution in [3.05, 3.63) is 83.9 Å². The first-order valence-corrected chi connectivity index (χ1v) is 11.2. The number of hydrogen-bond donors (Lipinski definition) is 1. The molecule has 1 heterocycles. The average molecular weight is 435 g/mol. The Labute approximate surface area is 181 Å². The molecule has 0 amide bonds. The maximum Gasteiger partial charge on any atom is 0.238 e. The van der Waals surface area contributed by atoms with E-state index in [0.717, 1.165) is 16.7 Å². The SMILES string of the molecule is COc1ccc(Nc2oc(-c3ccccc3C)nc2S(=O)(=O)c2ccc(C)cc2)cc1. The fourth-order valence-electron chi connectivity index (χ4n) is 3.13. The van der Waals surface area contributed by atoms with E-state index in [0.29, 0.717) is 11.4 Å². The molecule has 0 aliphatic carbocycles. The minimum atomic E-state index is -3.91. The van der Waals surface area contributed by atoms with Crippen molar-refractivity contribution in [2.75, 3.05) is 12.4 Å². The molecule has 3 aromatic carbocycles. The molecule has 0 aliphatic heterocycles. The first kappa shape index (κ1) is 20.7. The zero-order valence-corrected chi connectivity index (χ0v) is 18.2. The molecule has 31 heavy (non-hydrogen) atoms. The van der Waals surface area contributed by atoms with Crippen molar-refractivity contribution >= 4 is 21.4 Å². The summed E-state index contributed by atoms with van der Waals surface area (Å²) in [6.07, 6.45) is 0. The normalized spacial score (nSPS) is 11.3. The highest BCUT2D eigenvalue weighted by Crippen LogP contribution is 2.35. The summed E-state index contributed by atoms with van der Waals surface area (Å²) in [5.74, 6) is 0.986. The van der Waals surface area contributed by atoms with Crippen LogP contribution in [0.2, 0.25) is 0 Å². The van der Waals surface area contributed by atoms with Gasteiger partial charge in [0.25, 0.3) is 0 Å². The molecule has 0 spiro atoms. The molecule has 0 atom stereocenters. The number of aromatic nitrogens is 1. The number of aryl methyl sites for hydroxylation is 2. The molecule has 6 nitrogen and oxygen atoms in total. The van der Waals surface area contributed by atoms with E-state index in [-0.39, 0.29) is 21.7 Å². The third-order valence-electron chi connectivity index (χ3n) is 4.91. The smallest absolute Gasteiger partial charge is 0.238 e. The van der Waals surface area contributed by atoms with Gasteiger partial charge in [0.05, 0.1) is 12.0 Å². The van der Waals surface area contributed by atoms with Crippen LogP contribution in [0.1, 0.15) is 11.1 Å². The van der Waals surface area contributed by atoms with Gasteiger partial charge in [-0.1, -0.05) is 35.9 Å². The van der Waals surface area contributed by atoms with Crippen LogP contribution in [-0.2, 0) is 9.84 Å². The highest BCUT2D eigenvalue weighted by atomic mass is 32.2. The van der Waals surface area contributed by atoms with Gasteiger partial charge >= 0.3 is 0 Å². The van der Waals surface area contributed by atoms with E-state index in [2.05, 4.69) is 10.3 Å². The molecule has 1 aromatic heterocycles. The van der Waals surface area contributed by atoms with Crippen LogP contribution in [0.4, 0.5) is 11.6 Å². The van der Waals surface area contributed by atoms with Gasteiger partial charge in [-0.2, -0.15) is 4.98 Å². The Balaban J connectivity index is 1.83. The Morgan fingerprint density at radius 2 is 1.58 bits per heavy atom. The zero-order chi connectivity index (χ0) is 22.0. The van der Waals surface area contributed by atoms with Crippen LogP contribution in [0.25, 0.3) is 11.5 Å². The van der Waals surface area contributed by atoms with Gasteiger partial charge in [-0.15, -0.1) is 0 Å². The number of nitrogens with one attached hydrogen (secondary N) is 1. The predicted molar refractivity (Wildman–Crippen MR) is 120 cm³/mol. The Kier molecular flexibility index (Phi) is 5.52. The van der Waals surface area contributed by atoms with E-state index < -0.39 is 9.84 Å². The first-order chi connectivity index (χ1) is 14.9. The van der Waals surface area contributed by atoms with Crippen molar-refractivity contribution in [1.82, 2.24) is 4.98 Å². The molecule has 0 aliphatic rings. The van der Waals surface area contributed by atoms with Crippen molar-refractivity contribution in [2.45, 2.75) is 23.8 Å². The summed E-state index contributed by atoms with van der Waals surface area (Å²) >= 11 is 0. The molecule has 4 aromatic rings. The minimum Gasteiger partial charge on any atom is -0.497 e. The number of oxazole rings is 1. The molecule has 0 saturated carbocycles. The number of benzene rings is 3. The highest BCUT2D eigenvalue weighted by Gasteiger charge is 2.29. The monoisotopic (exact) mass is 434 g/mol. The number of nitrogens with zero attached hydrogens (tertiary/aromatic N) is 1. The van der Waals surface area contributed by atoms with Gasteiger partial charge in [-0.05, 0) is 61.9 Å². The topological polar surface area (TPSA) is 81.4 Å². The lowest BCUT2D eigenvalue weighted by Gasteiger charge is -2.07. The lowest BCUT2D eigenvalue weighted by atomic mass is 10.1. The van der Waals surface area contributed by atoms with E-state index in [9.17, 15) is 8.42 Å². The number of hydrogen-bond acceptors (Lipinski definition) is 6. The van der Waals surface area contributed by atoms with Crippen LogP contribution in [0.3, 0.4) is 0 Å². The largest absolute Gasteiger partial charge is 0.497 e. The third kappa shape index (κ3) is 4.18. The van der Waals surface area contributed by atoms with Crippen LogP contribution < -0.4 is 10.1 Å². The van der Waals surface area contributed by atoms with Crippen molar-refractivity contribution in [3.63, 3.8) is 0 Å². The first-order valence-electron chi connectivity index (χ1n) is 9.68. The summed E-state index contributed by atoms with van der Waals surface area (Å²) < 4.78 is 37.9. The molecule has 0 fully saturated rings. The predicted octanol–water partition coefficient (Wildman–Crippen LogP) is 5.54. The van der Waals surface area contributed by atoms with Gasteiger partial charge in [0.15, 0.2) is 0 Å². The van der Waals surface area contributed by atoms with Gasteiger partial charge in [0.1, 0.15) is 5.75 Å². The maximum atomic E-state index is 13.4. The van der Waals surface area contributed by atoms with Gasteiger partial charge in [-0.3, -0.25) is 0 Å². The van der Waals surface area contributed by atoms with Gasteiger partial charge in [0, 0.05) is 11.3 Å². The Bertz CT molecular complexity index is 1310. The second-order valence-electron chi connectivity index (χ2n) is 7.14. The lowest BCUT2D eigenvalue weighted by Crippen LogP contribution is -2.05. The second kappa shape index (κ2) is 8.28. The lowest BCUT2D eigenvalue weighted by molar-refractivity contribution is 0.415. The standard InChI is InChI=1S/C24H22N2O4S/c1-16-8-14-20(15-9-16)31(27,28)24-23(25-18-10-12-19(29-3)13-11-18)30-22(26-24)21-7-5-4-6-17(21)2/h4-15,25H,1-3H3. The summed E-state index contributed by atoms with van der Waals surface area (Å²) in [5.41, 5.74) is 3.27. The van der Waals surface area contributed by atoms with E-state index in [1.54, 1.807) is 55.6 Å². The Morgan fingerprint density at radius 1 is 0.903 bits per heavy atom. The summed E-state index contributed by atoms with van der Waals surface area (Å²) in [6.45, 7) is 3.82. The van der Waals surface area contributed by atoms with E-state index >= 15 is 0 Å². The van der Waals surface area contributed by atoms with E-state index in [1.807, 2.05) is 38.1 Å². The molecular formula is C24H22N2O4S. The summed E-state index contributed by atoms with van der Waals surface area (Å²) in [4.78, 5) is 4.55. The third-order valence-corrected chi connectivity index (χ3v) is 6.58. The number of ether oxygens (including phenoxy) is 1. The van der Waals surface area contributed by atoms with Crippen molar-refractivity contribution < 1.29 is 17.6 Å². The number of sulfone groups is 1. The number of rotatable bonds is 6. The van der Waals surface area contributed by atoms with Crippen LogP contribution in [-0.4, -0.2) is 20.5 Å². The van der Waals surface area contributed by atoms with Crippen LogP contribution >= 0.6 is 0 Å². The van der Waals surface area contributed by atoms with Crippen LogP contribution in [0.5, 0.6) is 5.75 Å². The highest BCUT2D eigenvalue weighted by molar-refractivity contribution is 7.91. The number of methoxy groups -OCH3 is 1. The average Bonchev–Trinajstić information content (AvgIpc) is 3.19. The fourth-order valence-corrected chi connectivity index (χ4v) is 4.39. The fraction of sp³-hybridized carbons (Fsp3) is 0.125. The quantitative estimate of drug-likeness (QED) is 0.429. The molecule has 0 saturated heterocycles. The van der Waals surface area contributed by atoms with Gasteiger partial charge in [-0.25, -0.2) is 8.42 Å². The Morgan fingerprint density at radius 3 is 2.23 bits per heavy atom. The second-order valence-corrected chi connectivity index (χ2v) is 9.00.